The van der Waals surface area contributed by atoms with Crippen LogP contribution in [0.2, 0.25) is 0 Å². The molecule has 0 amide bonds. The highest BCUT2D eigenvalue weighted by molar-refractivity contribution is 7.89. The number of pyridine rings is 1. The van der Waals surface area contributed by atoms with Gasteiger partial charge in [0.1, 0.15) is 4.90 Å². The lowest BCUT2D eigenvalue weighted by Crippen LogP contribution is -2.15. The Morgan fingerprint density at radius 2 is 2.06 bits per heavy atom. The number of nitrogens with two attached hydrogens (primary N) is 1. The van der Waals surface area contributed by atoms with E-state index < -0.39 is 10.0 Å². The third-order valence-corrected chi connectivity index (χ3v) is 3.27. The van der Waals surface area contributed by atoms with Crippen molar-refractivity contribution in [3.8, 4) is 5.88 Å². The predicted octanol–water partition coefficient (Wildman–Crippen LogP) is 1.15. The summed E-state index contributed by atoms with van der Waals surface area (Å²) in [5, 5.41) is 5.05. The number of hydrogen-bond acceptors (Lipinski definition) is 5. The van der Waals surface area contributed by atoms with E-state index in [9.17, 15) is 8.42 Å². The van der Waals surface area contributed by atoms with Crippen molar-refractivity contribution in [2.24, 2.45) is 5.14 Å². The zero-order valence-corrected chi connectivity index (χ0v) is 11.0. The minimum Gasteiger partial charge on any atom is -0.480 e. The lowest BCUT2D eigenvalue weighted by Gasteiger charge is -2.12. The van der Waals surface area contributed by atoms with Gasteiger partial charge in [0.25, 0.3) is 0 Å². The SMILES string of the molecule is COc1nc(C(C)C)c(S)cc1S(N)(=O)=O. The van der Waals surface area contributed by atoms with Gasteiger partial charge in [-0.05, 0) is 12.0 Å². The molecule has 0 atom stereocenters. The van der Waals surface area contributed by atoms with Crippen LogP contribution in [0.4, 0.5) is 0 Å². The molecule has 0 aromatic carbocycles. The number of sulfonamides is 1. The molecule has 0 spiro atoms. The van der Waals surface area contributed by atoms with Gasteiger partial charge in [0, 0.05) is 4.90 Å². The Kier molecular flexibility index (Phi) is 3.82. The molecule has 0 saturated heterocycles. The molecule has 0 aliphatic carbocycles. The Bertz CT molecular complexity index is 498. The Hall–Kier alpha value is -0.790. The first-order chi connectivity index (χ1) is 7.27. The van der Waals surface area contributed by atoms with Gasteiger partial charge < -0.3 is 4.74 Å². The Morgan fingerprint density at radius 1 is 1.50 bits per heavy atom. The molecule has 7 heteroatoms. The van der Waals surface area contributed by atoms with Crippen molar-refractivity contribution in [2.45, 2.75) is 29.6 Å². The van der Waals surface area contributed by atoms with E-state index in [4.69, 9.17) is 9.88 Å². The van der Waals surface area contributed by atoms with Crippen molar-refractivity contribution >= 4 is 22.7 Å². The van der Waals surface area contributed by atoms with Gasteiger partial charge >= 0.3 is 0 Å². The molecule has 0 unspecified atom stereocenters. The summed E-state index contributed by atoms with van der Waals surface area (Å²) in [5.41, 5.74) is 0.674. The summed E-state index contributed by atoms with van der Waals surface area (Å²) in [4.78, 5) is 4.44. The second-order valence-corrected chi connectivity index (χ2v) is 5.61. The van der Waals surface area contributed by atoms with Crippen molar-refractivity contribution in [1.29, 1.82) is 0 Å². The summed E-state index contributed by atoms with van der Waals surface area (Å²) in [7, 11) is -2.50. The zero-order valence-electron chi connectivity index (χ0n) is 9.26. The molecule has 16 heavy (non-hydrogen) atoms. The average molecular weight is 262 g/mol. The van der Waals surface area contributed by atoms with Crippen molar-refractivity contribution in [3.05, 3.63) is 11.8 Å². The highest BCUT2D eigenvalue weighted by Gasteiger charge is 2.20. The van der Waals surface area contributed by atoms with Gasteiger partial charge in [0.05, 0.1) is 12.8 Å². The molecule has 0 radical (unpaired) electrons. The third kappa shape index (κ3) is 2.66. The molecule has 0 aliphatic heterocycles. The van der Waals surface area contributed by atoms with Gasteiger partial charge in [0.15, 0.2) is 0 Å². The highest BCUT2D eigenvalue weighted by Crippen LogP contribution is 2.29. The maximum atomic E-state index is 11.3. The number of methoxy groups -OCH3 is 1. The van der Waals surface area contributed by atoms with Crippen molar-refractivity contribution < 1.29 is 13.2 Å². The normalized spacial score (nSPS) is 11.9. The Morgan fingerprint density at radius 3 is 2.44 bits per heavy atom. The van der Waals surface area contributed by atoms with Crippen LogP contribution in [-0.2, 0) is 10.0 Å². The number of aromatic nitrogens is 1. The van der Waals surface area contributed by atoms with Crippen LogP contribution in [0.25, 0.3) is 0 Å². The molecule has 0 fully saturated rings. The molecule has 1 heterocycles. The van der Waals surface area contributed by atoms with Gasteiger partial charge in [-0.15, -0.1) is 12.6 Å². The van der Waals surface area contributed by atoms with Gasteiger partial charge in [-0.3, -0.25) is 0 Å². The Balaban J connectivity index is 3.51. The zero-order chi connectivity index (χ0) is 12.5. The summed E-state index contributed by atoms with van der Waals surface area (Å²) < 4.78 is 27.5. The van der Waals surface area contributed by atoms with Crippen molar-refractivity contribution in [1.82, 2.24) is 4.98 Å². The second-order valence-electron chi connectivity index (χ2n) is 3.60. The first kappa shape index (κ1) is 13.3. The maximum absolute atomic E-state index is 11.3. The van der Waals surface area contributed by atoms with Crippen LogP contribution in [0.15, 0.2) is 15.9 Å². The molecule has 1 aromatic heterocycles. The van der Waals surface area contributed by atoms with E-state index in [0.29, 0.717) is 10.6 Å². The van der Waals surface area contributed by atoms with Crippen LogP contribution in [-0.4, -0.2) is 20.5 Å². The highest BCUT2D eigenvalue weighted by atomic mass is 32.2. The largest absolute Gasteiger partial charge is 0.480 e. The lowest BCUT2D eigenvalue weighted by atomic mass is 10.1. The van der Waals surface area contributed by atoms with E-state index in [1.165, 1.54) is 13.2 Å². The minimum absolute atomic E-state index is 0.00370. The number of nitrogens with zero attached hydrogens (tertiary/aromatic N) is 1. The molecule has 90 valence electrons. The molecule has 1 rings (SSSR count). The van der Waals surface area contributed by atoms with Gasteiger partial charge in [-0.2, -0.15) is 0 Å². The van der Waals surface area contributed by atoms with Gasteiger partial charge in [-0.1, -0.05) is 13.8 Å². The summed E-state index contributed by atoms with van der Waals surface area (Å²) in [5.74, 6) is 0.125. The molecule has 1 aromatic rings. The van der Waals surface area contributed by atoms with Crippen LogP contribution in [0.1, 0.15) is 25.5 Å². The maximum Gasteiger partial charge on any atom is 0.243 e. The molecule has 0 aliphatic rings. The van der Waals surface area contributed by atoms with E-state index in [1.807, 2.05) is 13.8 Å². The van der Waals surface area contributed by atoms with Crippen LogP contribution >= 0.6 is 12.6 Å². The van der Waals surface area contributed by atoms with Gasteiger partial charge in [0.2, 0.25) is 15.9 Å². The number of ether oxygens (including phenoxy) is 1. The summed E-state index contributed by atoms with van der Waals surface area (Å²) >= 11 is 4.19. The second kappa shape index (κ2) is 4.60. The molecular formula is C9H14N2O3S2. The van der Waals surface area contributed by atoms with E-state index >= 15 is 0 Å². The van der Waals surface area contributed by atoms with Crippen LogP contribution in [0, 0.1) is 0 Å². The van der Waals surface area contributed by atoms with Crippen LogP contribution in [0.3, 0.4) is 0 Å². The molecule has 2 N–H and O–H groups in total. The van der Waals surface area contributed by atoms with E-state index in [-0.39, 0.29) is 16.7 Å². The topological polar surface area (TPSA) is 82.3 Å². The first-order valence-electron chi connectivity index (χ1n) is 4.58. The fourth-order valence-electron chi connectivity index (χ4n) is 1.26. The number of hydrogen-bond donors (Lipinski definition) is 2. The standard InChI is InChI=1S/C9H14N2O3S2/c1-5(2)8-6(15)4-7(16(10,12)13)9(11-8)14-3/h4-5,15H,1-3H3,(H2,10,12,13). The van der Waals surface area contributed by atoms with Crippen molar-refractivity contribution in [2.75, 3.05) is 7.11 Å². The molecule has 5 nitrogen and oxygen atoms in total. The third-order valence-electron chi connectivity index (χ3n) is 2.01. The fourth-order valence-corrected chi connectivity index (χ4v) is 2.44. The van der Waals surface area contributed by atoms with Crippen molar-refractivity contribution in [3.63, 3.8) is 0 Å². The number of rotatable bonds is 3. The molecule has 0 saturated carbocycles. The number of thiol groups is 1. The summed E-state index contributed by atoms with van der Waals surface area (Å²) in [6.07, 6.45) is 0. The molecule has 0 bridgehead atoms. The summed E-state index contributed by atoms with van der Waals surface area (Å²) in [6, 6.07) is 1.36. The van der Waals surface area contributed by atoms with Gasteiger partial charge in [-0.25, -0.2) is 18.5 Å². The molecular weight excluding hydrogens is 248 g/mol. The summed E-state index contributed by atoms with van der Waals surface area (Å²) in [6.45, 7) is 3.86. The van der Waals surface area contributed by atoms with Crippen LogP contribution in [0.5, 0.6) is 5.88 Å². The quantitative estimate of drug-likeness (QED) is 0.801. The lowest BCUT2D eigenvalue weighted by molar-refractivity contribution is 0.381. The van der Waals surface area contributed by atoms with Crippen LogP contribution < -0.4 is 9.88 Å². The predicted molar refractivity (Wildman–Crippen MR) is 63.5 cm³/mol. The average Bonchev–Trinajstić information content (AvgIpc) is 2.15. The Labute approximate surface area is 100 Å². The minimum atomic E-state index is -3.85. The smallest absolute Gasteiger partial charge is 0.243 e. The monoisotopic (exact) mass is 262 g/mol. The first-order valence-corrected chi connectivity index (χ1v) is 6.57. The van der Waals surface area contributed by atoms with E-state index in [1.54, 1.807) is 0 Å². The van der Waals surface area contributed by atoms with E-state index in [2.05, 4.69) is 17.6 Å². The number of primary sulfonamides is 1. The van der Waals surface area contributed by atoms with E-state index in [0.717, 1.165) is 0 Å². The fraction of sp³-hybridized carbons (Fsp3) is 0.444.